The smallest absolute Gasteiger partial charge is 0.400 e. The number of aliphatic hydroxyl groups excluding tert-OH is 1. The fourth-order valence-corrected chi connectivity index (χ4v) is 2.90. The molecule has 0 aromatic carbocycles. The monoisotopic (exact) mass is 356 g/mol. The molecule has 1 unspecified atom stereocenters. The first-order valence-corrected chi connectivity index (χ1v) is 7.44. The largest absolute Gasteiger partial charge is 0.451 e. The lowest BCUT2D eigenvalue weighted by molar-refractivity contribution is -0.706. The van der Waals surface area contributed by atoms with E-state index in [0.29, 0.717) is 16.8 Å². The number of rotatable bonds is 1. The molecule has 0 aliphatic carbocycles. The van der Waals surface area contributed by atoms with Crippen molar-refractivity contribution in [2.24, 2.45) is 9.98 Å². The highest BCUT2D eigenvalue weighted by molar-refractivity contribution is 5.83. The van der Waals surface area contributed by atoms with E-state index in [2.05, 4.69) is 20.2 Å². The van der Waals surface area contributed by atoms with Crippen molar-refractivity contribution in [1.82, 2.24) is 19.7 Å². The zero-order valence-electron chi connectivity index (χ0n) is 13.6. The second kappa shape index (κ2) is 6.08. The molecule has 0 saturated heterocycles. The number of hydrogen-bond donors (Lipinski definition) is 1. The Labute approximate surface area is 141 Å². The van der Waals surface area contributed by atoms with Gasteiger partial charge in [-0.05, 0) is 0 Å². The number of allylic oxidation sites excluding steroid dienone is 1. The molecule has 1 atom stereocenters. The maximum atomic E-state index is 12.9. The van der Waals surface area contributed by atoms with Crippen molar-refractivity contribution in [1.29, 1.82) is 0 Å². The molecule has 4 heterocycles. The number of nitrogens with zero attached hydrogens (tertiary/aromatic N) is 7. The number of aliphatic hydroxyl groups is 1. The van der Waals surface area contributed by atoms with Crippen LogP contribution in [0.25, 0.3) is 0 Å². The van der Waals surface area contributed by atoms with E-state index in [-0.39, 0.29) is 18.9 Å². The van der Waals surface area contributed by atoms with Crippen molar-refractivity contribution < 1.29 is 22.8 Å². The Morgan fingerprint density at radius 3 is 2.68 bits per heavy atom. The van der Waals surface area contributed by atoms with Gasteiger partial charge in [0.15, 0.2) is 11.6 Å². The third kappa shape index (κ3) is 2.85. The van der Waals surface area contributed by atoms with Gasteiger partial charge in [0.1, 0.15) is 6.20 Å². The van der Waals surface area contributed by atoms with Crippen LogP contribution in [0.15, 0.2) is 33.9 Å². The molecule has 3 aliphatic heterocycles. The van der Waals surface area contributed by atoms with Crippen molar-refractivity contribution in [3.8, 4) is 0 Å². The molecule has 0 spiro atoms. The molecule has 0 radical (unpaired) electrons. The highest BCUT2D eigenvalue weighted by Gasteiger charge is 2.41. The molecular weight excluding hydrogens is 339 g/mol. The SMILES string of the molecule is CO.C[N+]12C=CN=CC1=C(N1CCn3c(nnc3C(F)(F)F)C1)N=C2. The van der Waals surface area contributed by atoms with Gasteiger partial charge >= 0.3 is 6.18 Å². The Hall–Kier alpha value is -2.53. The zero-order valence-corrected chi connectivity index (χ0v) is 13.6. The van der Waals surface area contributed by atoms with Crippen LogP contribution in [-0.4, -0.2) is 62.5 Å². The minimum absolute atomic E-state index is 0.167. The molecule has 1 N–H and O–H groups in total. The van der Waals surface area contributed by atoms with Crippen LogP contribution in [0.3, 0.4) is 0 Å². The Morgan fingerprint density at radius 1 is 1.20 bits per heavy atom. The summed E-state index contributed by atoms with van der Waals surface area (Å²) in [5, 5.41) is 14.0. The van der Waals surface area contributed by atoms with E-state index >= 15 is 0 Å². The minimum atomic E-state index is -4.49. The molecule has 25 heavy (non-hydrogen) atoms. The second-order valence-electron chi connectivity index (χ2n) is 5.69. The summed E-state index contributed by atoms with van der Waals surface area (Å²) in [6, 6.07) is 0. The van der Waals surface area contributed by atoms with E-state index in [1.165, 1.54) is 0 Å². The van der Waals surface area contributed by atoms with Crippen LogP contribution in [0.5, 0.6) is 0 Å². The lowest BCUT2D eigenvalue weighted by atomic mass is 10.3. The molecule has 11 heteroatoms. The highest BCUT2D eigenvalue weighted by atomic mass is 19.4. The van der Waals surface area contributed by atoms with E-state index < -0.39 is 12.0 Å². The number of halogens is 3. The zero-order chi connectivity index (χ0) is 18.2. The summed E-state index contributed by atoms with van der Waals surface area (Å²) < 4.78 is 40.2. The molecule has 1 aromatic heterocycles. The van der Waals surface area contributed by atoms with E-state index in [1.807, 2.05) is 18.1 Å². The van der Waals surface area contributed by atoms with Crippen molar-refractivity contribution in [3.05, 3.63) is 35.6 Å². The average Bonchev–Trinajstić information content (AvgIpc) is 3.16. The predicted octanol–water partition coefficient (Wildman–Crippen LogP) is 0.934. The van der Waals surface area contributed by atoms with Crippen molar-refractivity contribution in [2.75, 3.05) is 20.7 Å². The van der Waals surface area contributed by atoms with Crippen LogP contribution in [0.2, 0.25) is 0 Å². The highest BCUT2D eigenvalue weighted by Crippen LogP contribution is 2.32. The van der Waals surface area contributed by atoms with Crippen LogP contribution in [0.4, 0.5) is 13.2 Å². The van der Waals surface area contributed by atoms with Gasteiger partial charge in [-0.25, -0.2) is 4.48 Å². The third-order valence-electron chi connectivity index (χ3n) is 4.13. The van der Waals surface area contributed by atoms with Crippen molar-refractivity contribution in [2.45, 2.75) is 19.3 Å². The van der Waals surface area contributed by atoms with Crippen LogP contribution >= 0.6 is 0 Å². The molecular formula is C14H17F3N7O+. The lowest BCUT2D eigenvalue weighted by Crippen LogP contribution is -2.38. The third-order valence-corrected chi connectivity index (χ3v) is 4.13. The summed E-state index contributed by atoms with van der Waals surface area (Å²) >= 11 is 0. The van der Waals surface area contributed by atoms with Gasteiger partial charge in [0, 0.05) is 20.2 Å². The van der Waals surface area contributed by atoms with Crippen LogP contribution in [-0.2, 0) is 19.3 Å². The number of hydrogen-bond acceptors (Lipinski definition) is 6. The van der Waals surface area contributed by atoms with Gasteiger partial charge < -0.3 is 14.6 Å². The Kier molecular flexibility index (Phi) is 4.21. The molecule has 0 saturated carbocycles. The number of aromatic nitrogens is 3. The molecule has 3 aliphatic rings. The van der Waals surface area contributed by atoms with Gasteiger partial charge in [0.2, 0.25) is 17.9 Å². The summed E-state index contributed by atoms with van der Waals surface area (Å²) in [4.78, 5) is 10.5. The molecule has 134 valence electrons. The van der Waals surface area contributed by atoms with Gasteiger partial charge in [0.05, 0.1) is 26.0 Å². The molecule has 1 aromatic rings. The van der Waals surface area contributed by atoms with E-state index in [9.17, 15) is 13.2 Å². The maximum absolute atomic E-state index is 12.9. The van der Waals surface area contributed by atoms with Gasteiger partial charge in [-0.3, -0.25) is 4.99 Å². The first kappa shape index (κ1) is 17.3. The first-order chi connectivity index (χ1) is 11.9. The normalized spacial score (nSPS) is 24.2. The maximum Gasteiger partial charge on any atom is 0.451 e. The summed E-state index contributed by atoms with van der Waals surface area (Å²) in [6.45, 7) is 0.804. The summed E-state index contributed by atoms with van der Waals surface area (Å²) in [6.07, 6.45) is 2.59. The van der Waals surface area contributed by atoms with Crippen molar-refractivity contribution in [3.63, 3.8) is 0 Å². The average molecular weight is 356 g/mol. The van der Waals surface area contributed by atoms with Gasteiger partial charge in [-0.1, -0.05) is 0 Å². The summed E-state index contributed by atoms with van der Waals surface area (Å²) in [5.74, 6) is 0.0576. The Balaban J connectivity index is 0.000000880. The molecule has 0 fully saturated rings. The Bertz CT molecular complexity index is 793. The van der Waals surface area contributed by atoms with E-state index in [1.54, 1.807) is 18.8 Å². The second-order valence-corrected chi connectivity index (χ2v) is 5.69. The van der Waals surface area contributed by atoms with E-state index in [0.717, 1.165) is 17.4 Å². The topological polar surface area (TPSA) is 78.9 Å². The van der Waals surface area contributed by atoms with Crippen molar-refractivity contribution >= 4 is 12.6 Å². The first-order valence-electron chi connectivity index (χ1n) is 7.44. The molecule has 0 bridgehead atoms. The van der Waals surface area contributed by atoms with Crippen LogP contribution < -0.4 is 0 Å². The fraction of sp³-hybridized carbons (Fsp3) is 0.429. The van der Waals surface area contributed by atoms with Gasteiger partial charge in [0.25, 0.3) is 0 Å². The number of alkyl halides is 3. The predicted molar refractivity (Wildman–Crippen MR) is 82.9 cm³/mol. The fourth-order valence-electron chi connectivity index (χ4n) is 2.90. The molecule has 0 amide bonds. The minimum Gasteiger partial charge on any atom is -0.400 e. The molecule has 8 nitrogen and oxygen atoms in total. The Morgan fingerprint density at radius 2 is 1.96 bits per heavy atom. The van der Waals surface area contributed by atoms with Crippen LogP contribution in [0, 0.1) is 0 Å². The summed E-state index contributed by atoms with van der Waals surface area (Å²) in [7, 11) is 2.96. The molecule has 4 rings (SSSR count). The summed E-state index contributed by atoms with van der Waals surface area (Å²) in [5.41, 5.74) is 0.886. The van der Waals surface area contributed by atoms with Gasteiger partial charge in [-0.15, -0.1) is 10.2 Å². The van der Waals surface area contributed by atoms with Gasteiger partial charge in [-0.2, -0.15) is 18.2 Å². The van der Waals surface area contributed by atoms with E-state index in [4.69, 9.17) is 5.11 Å². The van der Waals surface area contributed by atoms with Crippen LogP contribution in [0.1, 0.15) is 11.6 Å². The standard InChI is InChI=1S/C13H13F3N7.CH4O/c1-23-5-2-17-6-9(23)11(18-8-23)21-3-4-22-10(7-21)19-20-12(22)13(14,15)16;1-2/h2,5-6,8H,3-4,7H2,1H3;2H,1H3/q+1;. The number of fused-ring (bicyclic) bond motifs is 2. The quantitative estimate of drug-likeness (QED) is 0.760. The number of quaternary nitrogens is 1. The number of aliphatic imine (C=N–C) groups is 2. The lowest BCUT2D eigenvalue weighted by Gasteiger charge is -2.30.